The molecule has 0 radical (unpaired) electrons. The van der Waals surface area contributed by atoms with E-state index in [0.717, 1.165) is 30.4 Å². The summed E-state index contributed by atoms with van der Waals surface area (Å²) in [7, 11) is 1.87. The Morgan fingerprint density at radius 1 is 1.24 bits per heavy atom. The number of aromatic nitrogens is 4. The Labute approximate surface area is 130 Å². The maximum absolute atomic E-state index is 3.96. The van der Waals surface area contributed by atoms with E-state index < -0.39 is 0 Å². The zero-order valence-corrected chi connectivity index (χ0v) is 13.8. The van der Waals surface area contributed by atoms with Crippen LogP contribution in [0.15, 0.2) is 29.4 Å². The average molecular weight is 306 g/mol. The molecule has 0 atom stereocenters. The number of hydrogen-bond acceptors (Lipinski definition) is 4. The fourth-order valence-electron chi connectivity index (χ4n) is 2.04. The van der Waals surface area contributed by atoms with Crippen LogP contribution in [-0.2, 0) is 13.6 Å². The molecule has 0 aliphatic rings. The van der Waals surface area contributed by atoms with Gasteiger partial charge in [0, 0.05) is 24.8 Å². The van der Waals surface area contributed by atoms with E-state index in [4.69, 9.17) is 0 Å². The molecular weight excluding hydrogens is 282 g/mol. The van der Waals surface area contributed by atoms with Gasteiger partial charge in [0.05, 0.1) is 6.54 Å². The molecule has 2 aromatic rings. The van der Waals surface area contributed by atoms with Gasteiger partial charge in [0.15, 0.2) is 0 Å². The summed E-state index contributed by atoms with van der Waals surface area (Å²) in [5.41, 5.74) is 2.80. The molecule has 1 aromatic heterocycles. The summed E-state index contributed by atoms with van der Waals surface area (Å²) in [5.74, 6) is 1.66. The van der Waals surface area contributed by atoms with Gasteiger partial charge in [0.1, 0.15) is 6.54 Å². The minimum absolute atomic E-state index is 0.607. The molecule has 0 fully saturated rings. The van der Waals surface area contributed by atoms with Gasteiger partial charge in [0.25, 0.3) is 0 Å². The maximum atomic E-state index is 3.96. The molecule has 5 nitrogen and oxygen atoms in total. The van der Waals surface area contributed by atoms with Gasteiger partial charge < -0.3 is 5.32 Å². The number of nitrogens with two attached hydrogens (primary N) is 1. The molecule has 0 saturated heterocycles. The molecule has 2 rings (SSSR count). The van der Waals surface area contributed by atoms with Crippen molar-refractivity contribution in [2.75, 3.05) is 12.3 Å². The Morgan fingerprint density at radius 3 is 2.62 bits per heavy atom. The van der Waals surface area contributed by atoms with Gasteiger partial charge in [-0.15, -0.1) is 5.10 Å². The maximum Gasteiger partial charge on any atom is 0.209 e. The largest absolute Gasteiger partial charge is 0.342 e. The lowest BCUT2D eigenvalue weighted by atomic mass is 10.0. The molecule has 114 valence electrons. The molecule has 0 unspecified atom stereocenters. The van der Waals surface area contributed by atoms with Crippen LogP contribution < -0.4 is 5.32 Å². The number of quaternary nitrogens is 1. The van der Waals surface area contributed by atoms with Crippen LogP contribution in [0.1, 0.15) is 37.3 Å². The van der Waals surface area contributed by atoms with Gasteiger partial charge in [-0.2, -0.15) is 0 Å². The molecule has 0 saturated carbocycles. The number of rotatable bonds is 8. The summed E-state index contributed by atoms with van der Waals surface area (Å²) in [6, 6.07) is 8.97. The van der Waals surface area contributed by atoms with Crippen LogP contribution in [0.4, 0.5) is 0 Å². The second-order valence-corrected chi connectivity index (χ2v) is 6.53. The molecule has 0 amide bonds. The van der Waals surface area contributed by atoms with E-state index in [1.165, 1.54) is 11.1 Å². The van der Waals surface area contributed by atoms with Gasteiger partial charge >= 0.3 is 0 Å². The quantitative estimate of drug-likeness (QED) is 0.594. The lowest BCUT2D eigenvalue weighted by molar-refractivity contribution is -0.670. The van der Waals surface area contributed by atoms with Gasteiger partial charge in [-0.1, -0.05) is 49.9 Å². The summed E-state index contributed by atoms with van der Waals surface area (Å²) < 4.78 is 1.71. The highest BCUT2D eigenvalue weighted by Crippen LogP contribution is 2.14. The lowest BCUT2D eigenvalue weighted by Crippen LogP contribution is -2.82. The molecule has 0 aliphatic heterocycles. The summed E-state index contributed by atoms with van der Waals surface area (Å²) in [4.78, 5) is 0. The highest BCUT2D eigenvalue weighted by atomic mass is 32.2. The number of benzene rings is 1. The number of thioether (sulfide) groups is 1. The van der Waals surface area contributed by atoms with Crippen molar-refractivity contribution in [3.05, 3.63) is 35.4 Å². The summed E-state index contributed by atoms with van der Waals surface area (Å²) in [6.45, 7) is 6.63. The Balaban J connectivity index is 1.60. The topological polar surface area (TPSA) is 60.2 Å². The van der Waals surface area contributed by atoms with E-state index in [1.807, 2.05) is 7.05 Å². The average Bonchev–Trinajstić information content (AvgIpc) is 2.88. The van der Waals surface area contributed by atoms with Crippen molar-refractivity contribution in [3.8, 4) is 0 Å². The first-order chi connectivity index (χ1) is 10.2. The minimum atomic E-state index is 0.607. The van der Waals surface area contributed by atoms with Gasteiger partial charge in [-0.3, -0.25) is 0 Å². The van der Waals surface area contributed by atoms with Crippen LogP contribution in [0.25, 0.3) is 0 Å². The van der Waals surface area contributed by atoms with Crippen molar-refractivity contribution >= 4 is 11.8 Å². The summed E-state index contributed by atoms with van der Waals surface area (Å²) >= 11 is 1.71. The van der Waals surface area contributed by atoms with E-state index in [-0.39, 0.29) is 0 Å². The second kappa shape index (κ2) is 8.14. The van der Waals surface area contributed by atoms with Crippen LogP contribution in [0.2, 0.25) is 0 Å². The van der Waals surface area contributed by atoms with Crippen molar-refractivity contribution < 1.29 is 5.32 Å². The number of hydrogen-bond donors (Lipinski definition) is 1. The Bertz CT molecular complexity index is 535. The lowest BCUT2D eigenvalue weighted by Gasteiger charge is -2.06. The third kappa shape index (κ3) is 5.13. The third-order valence-corrected chi connectivity index (χ3v) is 4.49. The molecule has 0 aliphatic carbocycles. The van der Waals surface area contributed by atoms with Crippen molar-refractivity contribution in [2.45, 2.75) is 37.9 Å². The Morgan fingerprint density at radius 2 is 2.00 bits per heavy atom. The Hall–Kier alpha value is -1.40. The predicted molar refractivity (Wildman–Crippen MR) is 85.2 cm³/mol. The van der Waals surface area contributed by atoms with E-state index in [2.05, 4.69) is 59.0 Å². The summed E-state index contributed by atoms with van der Waals surface area (Å²) in [6.07, 6.45) is 1.15. The van der Waals surface area contributed by atoms with Gasteiger partial charge in [-0.05, 0) is 21.9 Å². The van der Waals surface area contributed by atoms with Crippen molar-refractivity contribution in [1.29, 1.82) is 0 Å². The summed E-state index contributed by atoms with van der Waals surface area (Å²) in [5, 5.41) is 14.7. The van der Waals surface area contributed by atoms with Crippen LogP contribution in [0.5, 0.6) is 0 Å². The second-order valence-electron chi connectivity index (χ2n) is 5.46. The van der Waals surface area contributed by atoms with E-state index in [0.29, 0.717) is 5.92 Å². The van der Waals surface area contributed by atoms with Crippen molar-refractivity contribution in [3.63, 3.8) is 0 Å². The molecule has 6 heteroatoms. The normalized spacial score (nSPS) is 11.2. The van der Waals surface area contributed by atoms with Gasteiger partial charge in [-0.25, -0.2) is 4.68 Å². The molecule has 1 aromatic carbocycles. The molecule has 1 heterocycles. The number of nitrogens with zero attached hydrogens (tertiary/aromatic N) is 4. The molecule has 0 bridgehead atoms. The van der Waals surface area contributed by atoms with Crippen LogP contribution >= 0.6 is 11.8 Å². The third-order valence-electron chi connectivity index (χ3n) is 3.39. The minimum Gasteiger partial charge on any atom is -0.342 e. The van der Waals surface area contributed by atoms with Crippen LogP contribution in [0.3, 0.4) is 0 Å². The first-order valence-corrected chi connectivity index (χ1v) is 8.41. The molecule has 2 N–H and O–H groups in total. The van der Waals surface area contributed by atoms with E-state index >= 15 is 0 Å². The molecule has 0 spiro atoms. The van der Waals surface area contributed by atoms with Crippen LogP contribution in [-0.4, -0.2) is 32.5 Å². The number of tetrazole rings is 1. The van der Waals surface area contributed by atoms with Crippen molar-refractivity contribution in [2.24, 2.45) is 7.05 Å². The molecule has 21 heavy (non-hydrogen) atoms. The fourth-order valence-corrected chi connectivity index (χ4v) is 2.85. The Kier molecular flexibility index (Phi) is 6.20. The van der Waals surface area contributed by atoms with Crippen LogP contribution in [0, 0.1) is 0 Å². The highest BCUT2D eigenvalue weighted by Gasteiger charge is 2.03. The smallest absolute Gasteiger partial charge is 0.209 e. The SMILES string of the molecule is CC(C)c1ccc(C[NH2+]CCCSc2nnnn2C)cc1. The van der Waals surface area contributed by atoms with Crippen molar-refractivity contribution in [1.82, 2.24) is 20.2 Å². The number of aryl methyl sites for hydroxylation is 1. The standard InChI is InChI=1S/C15H23N5S/c1-12(2)14-7-5-13(6-8-14)11-16-9-4-10-21-15-17-18-19-20(15)3/h5-8,12,16H,4,9-11H2,1-3H3/p+1. The monoisotopic (exact) mass is 306 g/mol. The first-order valence-electron chi connectivity index (χ1n) is 7.42. The van der Waals surface area contributed by atoms with Gasteiger partial charge in [0.2, 0.25) is 5.16 Å². The first kappa shape index (κ1) is 16.0. The molecular formula is C15H24N5S+. The van der Waals surface area contributed by atoms with E-state index in [9.17, 15) is 0 Å². The zero-order valence-electron chi connectivity index (χ0n) is 13.0. The zero-order chi connectivity index (χ0) is 15.1. The predicted octanol–water partition coefficient (Wildman–Crippen LogP) is 1.58. The fraction of sp³-hybridized carbons (Fsp3) is 0.533. The highest BCUT2D eigenvalue weighted by molar-refractivity contribution is 7.99. The van der Waals surface area contributed by atoms with E-state index in [1.54, 1.807) is 16.4 Å².